The summed E-state index contributed by atoms with van der Waals surface area (Å²) in [6.07, 6.45) is 1.21. The average molecular weight is 219 g/mol. The Morgan fingerprint density at radius 2 is 2.27 bits per heavy atom. The maximum absolute atomic E-state index is 10.3. The van der Waals surface area contributed by atoms with Gasteiger partial charge in [-0.3, -0.25) is 0 Å². The van der Waals surface area contributed by atoms with Crippen molar-refractivity contribution in [2.45, 2.75) is 0 Å². The lowest BCUT2D eigenvalue weighted by atomic mass is 10.4. The number of rotatable bonds is 1. The van der Waals surface area contributed by atoms with E-state index in [1.165, 1.54) is 6.20 Å². The topological polar surface area (TPSA) is 83.3 Å². The molecule has 6 heteroatoms. The molecule has 0 bridgehead atoms. The molecule has 2 N–H and O–H groups in total. The molecule has 0 aliphatic heterocycles. The van der Waals surface area contributed by atoms with E-state index in [2.05, 4.69) is 25.9 Å². The molecule has 0 aliphatic carbocycles. The van der Waals surface area contributed by atoms with E-state index < -0.39 is 17.5 Å². The lowest BCUT2D eigenvalue weighted by Gasteiger charge is -1.95. The standard InChI is InChI=1S/C5H3BrN2O3/c6-2-1-7-4(9)3(8-2)5(10)11/h1H,(H,7,9)(H,10,11). The molecular formula is C5H3BrN2O3. The maximum atomic E-state index is 10.3. The molecule has 1 aromatic heterocycles. The zero-order chi connectivity index (χ0) is 8.43. The second-order valence-electron chi connectivity index (χ2n) is 1.67. The Morgan fingerprint density at radius 1 is 1.64 bits per heavy atom. The van der Waals surface area contributed by atoms with Gasteiger partial charge < -0.3 is 10.2 Å². The van der Waals surface area contributed by atoms with Gasteiger partial charge in [-0.1, -0.05) is 0 Å². The molecule has 0 spiro atoms. The highest BCUT2D eigenvalue weighted by molar-refractivity contribution is 9.10. The molecule has 0 amide bonds. The molecule has 1 heterocycles. The largest absolute Gasteiger partial charge is 0.492 e. The predicted octanol–water partition coefficient (Wildman–Crippen LogP) is 0.643. The summed E-state index contributed by atoms with van der Waals surface area (Å²) < 4.78 is 0.271. The molecule has 0 saturated carbocycles. The minimum atomic E-state index is -1.31. The first kappa shape index (κ1) is 7.93. The van der Waals surface area contributed by atoms with Crippen molar-refractivity contribution in [2.24, 2.45) is 0 Å². The molecule has 58 valence electrons. The van der Waals surface area contributed by atoms with Crippen LogP contribution in [0.2, 0.25) is 0 Å². The fourth-order valence-electron chi connectivity index (χ4n) is 0.505. The van der Waals surface area contributed by atoms with Gasteiger partial charge in [-0.15, -0.1) is 0 Å². The molecule has 5 nitrogen and oxygen atoms in total. The van der Waals surface area contributed by atoms with Crippen LogP contribution < -0.4 is 0 Å². The fourth-order valence-corrected chi connectivity index (χ4v) is 0.784. The van der Waals surface area contributed by atoms with Gasteiger partial charge >= 0.3 is 5.97 Å². The third-order valence-electron chi connectivity index (χ3n) is 0.926. The Balaban J connectivity index is 3.23. The van der Waals surface area contributed by atoms with E-state index in [1.807, 2.05) is 0 Å². The lowest BCUT2D eigenvalue weighted by molar-refractivity contribution is 0.0685. The number of aromatic nitrogens is 2. The van der Waals surface area contributed by atoms with Gasteiger partial charge in [-0.05, 0) is 15.9 Å². The number of nitrogens with zero attached hydrogens (tertiary/aromatic N) is 2. The van der Waals surface area contributed by atoms with E-state index in [0.29, 0.717) is 0 Å². The highest BCUT2D eigenvalue weighted by Crippen LogP contribution is 2.13. The smallest absolute Gasteiger partial charge is 0.360 e. The van der Waals surface area contributed by atoms with Crippen molar-refractivity contribution in [3.8, 4) is 5.88 Å². The molecule has 1 rings (SSSR count). The Labute approximate surface area is 69.9 Å². The average Bonchev–Trinajstić information content (AvgIpc) is 1.94. The highest BCUT2D eigenvalue weighted by atomic mass is 79.9. The summed E-state index contributed by atoms with van der Waals surface area (Å²) in [4.78, 5) is 17.1. The van der Waals surface area contributed by atoms with Gasteiger partial charge in [0, 0.05) is 0 Å². The number of carbonyl (C=O) groups is 1. The van der Waals surface area contributed by atoms with Crippen molar-refractivity contribution in [2.75, 3.05) is 0 Å². The number of aromatic hydroxyl groups is 1. The van der Waals surface area contributed by atoms with Crippen LogP contribution in [0.4, 0.5) is 0 Å². The van der Waals surface area contributed by atoms with E-state index in [4.69, 9.17) is 10.2 Å². The van der Waals surface area contributed by atoms with E-state index in [9.17, 15) is 4.79 Å². The van der Waals surface area contributed by atoms with Crippen LogP contribution in [0.25, 0.3) is 0 Å². The first-order valence-corrected chi connectivity index (χ1v) is 3.35. The highest BCUT2D eigenvalue weighted by Gasteiger charge is 2.12. The Bertz CT molecular complexity index is 302. The monoisotopic (exact) mass is 218 g/mol. The van der Waals surface area contributed by atoms with Crippen molar-refractivity contribution < 1.29 is 15.0 Å². The number of carboxylic acids is 1. The Kier molecular flexibility index (Phi) is 2.04. The minimum Gasteiger partial charge on any atom is -0.492 e. The molecule has 0 saturated heterocycles. The summed E-state index contributed by atoms with van der Waals surface area (Å²) in [6, 6.07) is 0. The second-order valence-corrected chi connectivity index (χ2v) is 2.48. The minimum absolute atomic E-state index is 0.271. The van der Waals surface area contributed by atoms with Gasteiger partial charge in [0.25, 0.3) is 0 Å². The first-order chi connectivity index (χ1) is 5.11. The van der Waals surface area contributed by atoms with Crippen LogP contribution in [0.1, 0.15) is 10.5 Å². The number of hydrogen-bond donors (Lipinski definition) is 2. The molecule has 0 fully saturated rings. The first-order valence-electron chi connectivity index (χ1n) is 2.56. The molecule has 1 aromatic rings. The molecule has 11 heavy (non-hydrogen) atoms. The second kappa shape index (κ2) is 2.83. The SMILES string of the molecule is O=C(O)c1nc(Br)cnc1O. The summed E-state index contributed by atoms with van der Waals surface area (Å²) in [5, 5.41) is 17.2. The summed E-state index contributed by atoms with van der Waals surface area (Å²) in [6.45, 7) is 0. The molecule has 0 atom stereocenters. The zero-order valence-electron chi connectivity index (χ0n) is 5.15. The van der Waals surface area contributed by atoms with Crippen LogP contribution in [0.3, 0.4) is 0 Å². The van der Waals surface area contributed by atoms with Crippen molar-refractivity contribution >= 4 is 21.9 Å². The molecule has 0 aromatic carbocycles. The molecule has 0 unspecified atom stereocenters. The van der Waals surface area contributed by atoms with Gasteiger partial charge in [0.1, 0.15) is 4.60 Å². The molecule has 0 aliphatic rings. The summed E-state index contributed by atoms with van der Waals surface area (Å²) in [5.74, 6) is -1.89. The number of halogens is 1. The number of hydrogen-bond acceptors (Lipinski definition) is 4. The van der Waals surface area contributed by atoms with Crippen LogP contribution in [0, 0.1) is 0 Å². The van der Waals surface area contributed by atoms with Crippen molar-refractivity contribution in [3.05, 3.63) is 16.5 Å². The van der Waals surface area contributed by atoms with Gasteiger partial charge in [0.2, 0.25) is 11.6 Å². The quantitative estimate of drug-likeness (QED) is 0.724. The number of aromatic carboxylic acids is 1. The predicted molar refractivity (Wildman–Crippen MR) is 38.4 cm³/mol. The van der Waals surface area contributed by atoms with Crippen molar-refractivity contribution in [3.63, 3.8) is 0 Å². The number of carboxylic acid groups (broad SMARTS) is 1. The Morgan fingerprint density at radius 3 is 2.73 bits per heavy atom. The van der Waals surface area contributed by atoms with E-state index in [-0.39, 0.29) is 4.60 Å². The third-order valence-corrected chi connectivity index (χ3v) is 1.31. The van der Waals surface area contributed by atoms with Crippen molar-refractivity contribution in [1.29, 1.82) is 0 Å². The summed E-state index contributed by atoms with van der Waals surface area (Å²) >= 11 is 2.92. The van der Waals surface area contributed by atoms with Gasteiger partial charge in [0.05, 0.1) is 6.20 Å². The maximum Gasteiger partial charge on any atom is 0.360 e. The fraction of sp³-hybridized carbons (Fsp3) is 0. The normalized spacial score (nSPS) is 9.55. The molecule has 0 radical (unpaired) electrons. The Hall–Kier alpha value is -1.17. The van der Waals surface area contributed by atoms with Crippen LogP contribution >= 0.6 is 15.9 Å². The van der Waals surface area contributed by atoms with Crippen molar-refractivity contribution in [1.82, 2.24) is 9.97 Å². The van der Waals surface area contributed by atoms with Gasteiger partial charge in [0.15, 0.2) is 0 Å². The van der Waals surface area contributed by atoms with E-state index >= 15 is 0 Å². The summed E-state index contributed by atoms with van der Waals surface area (Å²) in [5.41, 5.74) is -0.459. The van der Waals surface area contributed by atoms with Crippen LogP contribution in [0.5, 0.6) is 5.88 Å². The van der Waals surface area contributed by atoms with Gasteiger partial charge in [-0.25, -0.2) is 14.8 Å². The summed E-state index contributed by atoms with van der Waals surface area (Å²) in [7, 11) is 0. The van der Waals surface area contributed by atoms with Crippen LogP contribution in [0.15, 0.2) is 10.8 Å². The van der Waals surface area contributed by atoms with E-state index in [0.717, 1.165) is 0 Å². The van der Waals surface area contributed by atoms with E-state index in [1.54, 1.807) is 0 Å². The van der Waals surface area contributed by atoms with Crippen LogP contribution in [-0.2, 0) is 0 Å². The van der Waals surface area contributed by atoms with Crippen LogP contribution in [-0.4, -0.2) is 26.2 Å². The molecular weight excluding hydrogens is 216 g/mol. The van der Waals surface area contributed by atoms with Gasteiger partial charge in [-0.2, -0.15) is 0 Å². The zero-order valence-corrected chi connectivity index (χ0v) is 6.74. The third kappa shape index (κ3) is 1.64. The lowest BCUT2D eigenvalue weighted by Crippen LogP contribution is -2.01.